The Labute approximate surface area is 225 Å². The Morgan fingerprint density at radius 1 is 0.816 bits per heavy atom. The summed E-state index contributed by atoms with van der Waals surface area (Å²) in [6.45, 7) is 5.05. The second-order valence-corrected chi connectivity index (χ2v) is 10.3. The van der Waals surface area contributed by atoms with Crippen LogP contribution in [0.5, 0.6) is 0 Å². The molecule has 0 bridgehead atoms. The molecule has 0 spiro atoms. The number of carbonyl (C=O) groups is 2. The lowest BCUT2D eigenvalue weighted by molar-refractivity contribution is -0.142. The van der Waals surface area contributed by atoms with Crippen LogP contribution in [0.3, 0.4) is 0 Å². The summed E-state index contributed by atoms with van der Waals surface area (Å²) in [5, 5.41) is 1.18. The van der Waals surface area contributed by atoms with Crippen LogP contribution in [0, 0.1) is 0 Å². The van der Waals surface area contributed by atoms with Crippen molar-refractivity contribution in [2.45, 2.75) is 39.3 Å². The Hall–Kier alpha value is -4.06. The zero-order valence-corrected chi connectivity index (χ0v) is 22.9. The molecule has 1 heterocycles. The highest BCUT2D eigenvalue weighted by atomic mass is 16.2. The lowest BCUT2D eigenvalue weighted by Gasteiger charge is -2.30. The fraction of sp³-hybridized carbons (Fsp3) is 0.312. The quantitative estimate of drug-likeness (QED) is 0.299. The number of hydrogen-bond acceptors (Lipinski definition) is 3. The molecule has 0 aliphatic rings. The van der Waals surface area contributed by atoms with E-state index in [1.165, 1.54) is 10.9 Å². The van der Waals surface area contributed by atoms with E-state index >= 15 is 0 Å². The first kappa shape index (κ1) is 27.0. The van der Waals surface area contributed by atoms with Gasteiger partial charge in [0.2, 0.25) is 11.8 Å². The van der Waals surface area contributed by atoms with Gasteiger partial charge in [-0.05, 0) is 55.2 Å². The number of nitrogens with one attached hydrogen (secondary N) is 1. The molecule has 198 valence electrons. The average molecular weight is 511 g/mol. The number of anilines is 1. The van der Waals surface area contributed by atoms with Crippen LogP contribution in [0.25, 0.3) is 10.9 Å². The topological polar surface area (TPSA) is 59.7 Å². The highest BCUT2D eigenvalue weighted by Crippen LogP contribution is 2.20. The maximum Gasteiger partial charge on any atom is 0.242 e. The highest BCUT2D eigenvalue weighted by molar-refractivity contribution is 5.86. The number of benzene rings is 3. The maximum absolute atomic E-state index is 13.7. The van der Waals surface area contributed by atoms with Crippen molar-refractivity contribution in [2.75, 3.05) is 32.1 Å². The van der Waals surface area contributed by atoms with E-state index in [0.717, 1.165) is 28.8 Å². The number of fused-ring (bicyclic) bond motifs is 1. The lowest BCUT2D eigenvalue weighted by atomic mass is 10.1. The molecule has 4 rings (SSSR count). The Balaban J connectivity index is 1.52. The van der Waals surface area contributed by atoms with Crippen LogP contribution in [0.15, 0.2) is 85.1 Å². The monoisotopic (exact) mass is 510 g/mol. The maximum atomic E-state index is 13.7. The largest absolute Gasteiger partial charge is 0.378 e. The van der Waals surface area contributed by atoms with Gasteiger partial charge in [-0.2, -0.15) is 0 Å². The first-order valence-corrected chi connectivity index (χ1v) is 13.2. The van der Waals surface area contributed by atoms with Gasteiger partial charge in [-0.25, -0.2) is 0 Å². The number of carbonyl (C=O) groups excluding carboxylic acids is 2. The molecule has 1 N–H and O–H groups in total. The summed E-state index contributed by atoms with van der Waals surface area (Å²) in [5.41, 5.74) is 5.41. The zero-order valence-electron chi connectivity index (χ0n) is 22.9. The summed E-state index contributed by atoms with van der Waals surface area (Å²) in [6, 6.07) is 26.1. The Morgan fingerprint density at radius 2 is 1.50 bits per heavy atom. The minimum atomic E-state index is -0.0787. The average Bonchev–Trinajstić information content (AvgIpc) is 3.33. The summed E-state index contributed by atoms with van der Waals surface area (Å²) < 4.78 is 0. The molecule has 0 unspecified atom stereocenters. The van der Waals surface area contributed by atoms with Crippen molar-refractivity contribution in [2.24, 2.45) is 0 Å². The van der Waals surface area contributed by atoms with Gasteiger partial charge < -0.3 is 19.7 Å². The van der Waals surface area contributed by atoms with Crippen LogP contribution >= 0.6 is 0 Å². The summed E-state index contributed by atoms with van der Waals surface area (Å²) in [5.74, 6) is -0.0805. The van der Waals surface area contributed by atoms with Crippen molar-refractivity contribution < 1.29 is 9.59 Å². The number of para-hydroxylation sites is 1. The molecule has 4 aromatic rings. The van der Waals surface area contributed by atoms with Gasteiger partial charge in [0.25, 0.3) is 0 Å². The van der Waals surface area contributed by atoms with Crippen molar-refractivity contribution in [3.05, 3.63) is 102 Å². The van der Waals surface area contributed by atoms with E-state index in [1.54, 1.807) is 4.90 Å². The molecule has 0 atom stereocenters. The Bertz CT molecular complexity index is 1340. The van der Waals surface area contributed by atoms with Gasteiger partial charge in [-0.3, -0.25) is 9.59 Å². The van der Waals surface area contributed by atoms with Gasteiger partial charge in [0.05, 0.1) is 13.0 Å². The predicted molar refractivity (Wildman–Crippen MR) is 155 cm³/mol. The normalized spacial score (nSPS) is 11.1. The summed E-state index contributed by atoms with van der Waals surface area (Å²) in [6.07, 6.45) is 3.04. The smallest absolute Gasteiger partial charge is 0.242 e. The Morgan fingerprint density at radius 3 is 2.18 bits per heavy atom. The number of aromatic nitrogens is 1. The van der Waals surface area contributed by atoms with Gasteiger partial charge in [-0.1, -0.05) is 60.7 Å². The van der Waals surface area contributed by atoms with Crippen LogP contribution in [-0.2, 0) is 29.0 Å². The van der Waals surface area contributed by atoms with E-state index in [2.05, 4.69) is 46.3 Å². The number of rotatable bonds is 11. The summed E-state index contributed by atoms with van der Waals surface area (Å²) >= 11 is 0. The van der Waals surface area contributed by atoms with E-state index < -0.39 is 0 Å². The zero-order chi connectivity index (χ0) is 27.1. The second kappa shape index (κ2) is 12.5. The molecule has 0 saturated heterocycles. The summed E-state index contributed by atoms with van der Waals surface area (Å²) in [4.78, 5) is 35.9. The predicted octanol–water partition coefficient (Wildman–Crippen LogP) is 5.28. The molecule has 6 nitrogen and oxygen atoms in total. The van der Waals surface area contributed by atoms with E-state index in [-0.39, 0.29) is 30.8 Å². The third kappa shape index (κ3) is 6.82. The van der Waals surface area contributed by atoms with E-state index in [1.807, 2.05) is 81.5 Å². The third-order valence-electron chi connectivity index (χ3n) is 6.95. The van der Waals surface area contributed by atoms with E-state index in [9.17, 15) is 9.59 Å². The number of aromatic amines is 1. The molecular formula is C32H38N4O2. The minimum Gasteiger partial charge on any atom is -0.378 e. The Kier molecular flexibility index (Phi) is 8.85. The van der Waals surface area contributed by atoms with Gasteiger partial charge in [-0.15, -0.1) is 0 Å². The molecule has 0 radical (unpaired) electrons. The van der Waals surface area contributed by atoms with Crippen LogP contribution in [-0.4, -0.2) is 59.8 Å². The van der Waals surface area contributed by atoms with Crippen molar-refractivity contribution >= 4 is 28.4 Å². The molecule has 0 aliphatic heterocycles. The number of hydrogen-bond donors (Lipinski definition) is 1. The molecule has 2 amide bonds. The van der Waals surface area contributed by atoms with Gasteiger partial charge in [0.1, 0.15) is 0 Å². The molecule has 3 aromatic carbocycles. The minimum absolute atomic E-state index is 0.0357. The molecular weight excluding hydrogens is 472 g/mol. The number of amides is 2. The van der Waals surface area contributed by atoms with E-state index in [4.69, 9.17) is 0 Å². The van der Waals surface area contributed by atoms with Crippen molar-refractivity contribution in [1.29, 1.82) is 0 Å². The standard InChI is InChI=1S/C32H38N4O2/c1-24(2)36(31(37)20-25-10-6-5-7-11-25)23-32(38)35(22-26-14-16-28(17-15-26)34(3)4)19-18-27-21-33-30-13-9-8-12-29(27)30/h5-17,21,24,33H,18-20,22-23H2,1-4H3. The molecule has 6 heteroatoms. The lowest BCUT2D eigenvalue weighted by Crippen LogP contribution is -2.46. The SMILES string of the molecule is CC(C)N(CC(=O)N(CCc1c[nH]c2ccccc12)Cc1ccc(N(C)C)cc1)C(=O)Cc1ccccc1. The van der Waals surface area contributed by atoms with Crippen LogP contribution in [0.4, 0.5) is 5.69 Å². The number of nitrogens with zero attached hydrogens (tertiary/aromatic N) is 3. The van der Waals surface area contributed by atoms with Gasteiger partial charge in [0, 0.05) is 56.0 Å². The molecule has 0 aliphatic carbocycles. The molecule has 0 saturated carbocycles. The first-order valence-electron chi connectivity index (χ1n) is 13.2. The van der Waals surface area contributed by atoms with Crippen LogP contribution < -0.4 is 4.90 Å². The molecule has 1 aromatic heterocycles. The van der Waals surface area contributed by atoms with E-state index in [0.29, 0.717) is 13.1 Å². The highest BCUT2D eigenvalue weighted by Gasteiger charge is 2.24. The fourth-order valence-electron chi connectivity index (χ4n) is 4.68. The van der Waals surface area contributed by atoms with Crippen molar-refractivity contribution in [3.8, 4) is 0 Å². The fourth-order valence-corrected chi connectivity index (χ4v) is 4.68. The van der Waals surface area contributed by atoms with Crippen LogP contribution in [0.1, 0.15) is 30.5 Å². The van der Waals surface area contributed by atoms with Crippen LogP contribution in [0.2, 0.25) is 0 Å². The molecule has 38 heavy (non-hydrogen) atoms. The number of H-pyrrole nitrogens is 1. The molecule has 0 fully saturated rings. The van der Waals surface area contributed by atoms with Gasteiger partial charge >= 0.3 is 0 Å². The third-order valence-corrected chi connectivity index (χ3v) is 6.95. The second-order valence-electron chi connectivity index (χ2n) is 10.3. The summed E-state index contributed by atoms with van der Waals surface area (Å²) in [7, 11) is 4.03. The first-order chi connectivity index (χ1) is 18.3. The van der Waals surface area contributed by atoms with Gasteiger partial charge in [0.15, 0.2) is 0 Å². The van der Waals surface area contributed by atoms with Crippen molar-refractivity contribution in [1.82, 2.24) is 14.8 Å². The van der Waals surface area contributed by atoms with Crippen molar-refractivity contribution in [3.63, 3.8) is 0 Å².